The molecule has 0 atom stereocenters. The largest absolute Gasteiger partial charge is 0.370 e. The van der Waals surface area contributed by atoms with Gasteiger partial charge in [-0.2, -0.15) is 0 Å². The summed E-state index contributed by atoms with van der Waals surface area (Å²) in [6.45, 7) is 5.06. The average molecular weight is 335 g/mol. The Bertz CT molecular complexity index is 528. The Morgan fingerprint density at radius 2 is 2.05 bits per heavy atom. The number of ether oxygens (including phenoxy) is 1. The topological polar surface area (TPSA) is 34.1 Å². The molecule has 1 heterocycles. The molecule has 0 bridgehead atoms. The van der Waals surface area contributed by atoms with Gasteiger partial charge in [-0.3, -0.25) is 4.98 Å². The highest BCUT2D eigenvalue weighted by Gasteiger charge is 1.98. The van der Waals surface area contributed by atoms with E-state index in [1.807, 2.05) is 24.4 Å². The first-order valence-electron chi connectivity index (χ1n) is 6.74. The van der Waals surface area contributed by atoms with Crippen molar-refractivity contribution in [3.8, 4) is 0 Å². The van der Waals surface area contributed by atoms with Crippen molar-refractivity contribution >= 4 is 15.9 Å². The van der Waals surface area contributed by atoms with Crippen LogP contribution in [0.3, 0.4) is 0 Å². The second-order valence-corrected chi connectivity index (χ2v) is 5.48. The molecule has 0 aliphatic rings. The van der Waals surface area contributed by atoms with Gasteiger partial charge in [0, 0.05) is 17.2 Å². The van der Waals surface area contributed by atoms with Gasteiger partial charge in [-0.25, -0.2) is 0 Å². The summed E-state index contributed by atoms with van der Waals surface area (Å²) in [6.07, 6.45) is 1.90. The molecule has 3 nitrogen and oxygen atoms in total. The number of pyridine rings is 1. The summed E-state index contributed by atoms with van der Waals surface area (Å²) in [5.74, 6) is 0. The van der Waals surface area contributed by atoms with E-state index in [0.717, 1.165) is 28.8 Å². The maximum atomic E-state index is 5.68. The number of halogens is 1. The molecule has 1 aromatic heterocycles. The van der Waals surface area contributed by atoms with E-state index in [0.29, 0.717) is 13.2 Å². The van der Waals surface area contributed by atoms with Crippen molar-refractivity contribution in [1.29, 1.82) is 0 Å². The highest BCUT2D eigenvalue weighted by atomic mass is 79.9. The predicted octanol–water partition coefficient (Wildman–Crippen LogP) is 3.67. The molecule has 2 aromatic rings. The van der Waals surface area contributed by atoms with Gasteiger partial charge in [0.15, 0.2) is 0 Å². The van der Waals surface area contributed by atoms with Gasteiger partial charge in [0.1, 0.15) is 0 Å². The zero-order valence-electron chi connectivity index (χ0n) is 11.6. The number of rotatable bonds is 7. The Morgan fingerprint density at radius 3 is 2.75 bits per heavy atom. The first kappa shape index (κ1) is 15.2. The van der Waals surface area contributed by atoms with E-state index < -0.39 is 0 Å². The standard InChI is InChI=1S/C16H19BrN2O/c1-2-18-9-14-6-7-16(19-10-14)12-20-11-13-4-3-5-15(17)8-13/h3-8,10,18H,2,9,11-12H2,1H3. The summed E-state index contributed by atoms with van der Waals surface area (Å²) in [6, 6.07) is 12.2. The molecule has 0 spiro atoms. The molecule has 0 radical (unpaired) electrons. The fourth-order valence-corrected chi connectivity index (χ4v) is 2.26. The SMILES string of the molecule is CCNCc1ccc(COCc2cccc(Br)c2)nc1. The summed E-state index contributed by atoms with van der Waals surface area (Å²) in [5.41, 5.74) is 3.31. The van der Waals surface area contributed by atoms with Crippen LogP contribution in [0.5, 0.6) is 0 Å². The van der Waals surface area contributed by atoms with Crippen LogP contribution in [0.15, 0.2) is 47.1 Å². The van der Waals surface area contributed by atoms with Crippen LogP contribution in [0.2, 0.25) is 0 Å². The lowest BCUT2D eigenvalue weighted by molar-refractivity contribution is 0.104. The number of hydrogen-bond acceptors (Lipinski definition) is 3. The second-order valence-electron chi connectivity index (χ2n) is 4.56. The molecule has 106 valence electrons. The minimum absolute atomic E-state index is 0.536. The lowest BCUT2D eigenvalue weighted by Crippen LogP contribution is -2.12. The summed E-state index contributed by atoms with van der Waals surface area (Å²) < 4.78 is 6.76. The van der Waals surface area contributed by atoms with Crippen molar-refractivity contribution in [2.24, 2.45) is 0 Å². The molecule has 0 fully saturated rings. The number of benzene rings is 1. The molecule has 1 aromatic carbocycles. The van der Waals surface area contributed by atoms with Crippen molar-refractivity contribution in [3.05, 3.63) is 63.9 Å². The summed E-state index contributed by atoms with van der Waals surface area (Å²) in [5, 5.41) is 3.28. The molecule has 0 amide bonds. The summed E-state index contributed by atoms with van der Waals surface area (Å²) >= 11 is 3.45. The van der Waals surface area contributed by atoms with Crippen molar-refractivity contribution < 1.29 is 4.74 Å². The van der Waals surface area contributed by atoms with Crippen molar-refractivity contribution in [2.75, 3.05) is 6.54 Å². The Labute approximate surface area is 128 Å². The van der Waals surface area contributed by atoms with Crippen LogP contribution in [-0.2, 0) is 24.5 Å². The number of aromatic nitrogens is 1. The van der Waals surface area contributed by atoms with E-state index in [9.17, 15) is 0 Å². The molecule has 0 aliphatic carbocycles. The molecule has 0 unspecified atom stereocenters. The van der Waals surface area contributed by atoms with Crippen LogP contribution in [-0.4, -0.2) is 11.5 Å². The van der Waals surface area contributed by atoms with E-state index in [-0.39, 0.29) is 0 Å². The van der Waals surface area contributed by atoms with Crippen LogP contribution in [0.4, 0.5) is 0 Å². The van der Waals surface area contributed by atoms with Gasteiger partial charge < -0.3 is 10.1 Å². The number of nitrogens with zero attached hydrogens (tertiary/aromatic N) is 1. The van der Waals surface area contributed by atoms with Crippen LogP contribution >= 0.6 is 15.9 Å². The zero-order valence-corrected chi connectivity index (χ0v) is 13.2. The highest BCUT2D eigenvalue weighted by molar-refractivity contribution is 9.10. The third-order valence-electron chi connectivity index (χ3n) is 2.87. The maximum Gasteiger partial charge on any atom is 0.0892 e. The third kappa shape index (κ3) is 5.04. The van der Waals surface area contributed by atoms with Gasteiger partial charge in [-0.1, -0.05) is 41.1 Å². The van der Waals surface area contributed by atoms with E-state index in [1.165, 1.54) is 5.56 Å². The third-order valence-corrected chi connectivity index (χ3v) is 3.37. The number of hydrogen-bond donors (Lipinski definition) is 1. The van der Waals surface area contributed by atoms with Gasteiger partial charge in [0.2, 0.25) is 0 Å². The van der Waals surface area contributed by atoms with Crippen molar-refractivity contribution in [2.45, 2.75) is 26.7 Å². The van der Waals surface area contributed by atoms with Crippen molar-refractivity contribution in [1.82, 2.24) is 10.3 Å². The van der Waals surface area contributed by atoms with Gasteiger partial charge in [-0.05, 0) is 35.9 Å². The van der Waals surface area contributed by atoms with Gasteiger partial charge in [0.25, 0.3) is 0 Å². The lowest BCUT2D eigenvalue weighted by Gasteiger charge is -2.06. The monoisotopic (exact) mass is 334 g/mol. The van der Waals surface area contributed by atoms with E-state index >= 15 is 0 Å². The quantitative estimate of drug-likeness (QED) is 0.838. The Balaban J connectivity index is 1.79. The maximum absolute atomic E-state index is 5.68. The Morgan fingerprint density at radius 1 is 1.15 bits per heavy atom. The smallest absolute Gasteiger partial charge is 0.0892 e. The number of nitrogens with one attached hydrogen (secondary N) is 1. The van der Waals surface area contributed by atoms with E-state index in [2.05, 4.69) is 51.4 Å². The molecule has 4 heteroatoms. The van der Waals surface area contributed by atoms with Crippen LogP contribution in [0.1, 0.15) is 23.7 Å². The van der Waals surface area contributed by atoms with Gasteiger partial charge in [0.05, 0.1) is 18.9 Å². The molecule has 0 saturated heterocycles. The Kier molecular flexibility index (Phi) is 6.18. The highest BCUT2D eigenvalue weighted by Crippen LogP contribution is 2.13. The first-order valence-corrected chi connectivity index (χ1v) is 7.54. The van der Waals surface area contributed by atoms with Crippen molar-refractivity contribution in [3.63, 3.8) is 0 Å². The predicted molar refractivity (Wildman–Crippen MR) is 84.3 cm³/mol. The molecular formula is C16H19BrN2O. The molecule has 0 aliphatic heterocycles. The van der Waals surface area contributed by atoms with Gasteiger partial charge >= 0.3 is 0 Å². The van der Waals surface area contributed by atoms with Gasteiger partial charge in [-0.15, -0.1) is 0 Å². The minimum atomic E-state index is 0.536. The van der Waals surface area contributed by atoms with E-state index in [4.69, 9.17) is 4.74 Å². The van der Waals surface area contributed by atoms with Crippen LogP contribution in [0, 0.1) is 0 Å². The fourth-order valence-electron chi connectivity index (χ4n) is 1.81. The summed E-state index contributed by atoms with van der Waals surface area (Å²) in [7, 11) is 0. The molecule has 1 N–H and O–H groups in total. The van der Waals surface area contributed by atoms with E-state index in [1.54, 1.807) is 0 Å². The zero-order chi connectivity index (χ0) is 14.2. The lowest BCUT2D eigenvalue weighted by atomic mass is 10.2. The molecule has 20 heavy (non-hydrogen) atoms. The molecular weight excluding hydrogens is 316 g/mol. The average Bonchev–Trinajstić information content (AvgIpc) is 2.46. The summed E-state index contributed by atoms with van der Waals surface area (Å²) in [4.78, 5) is 4.41. The Hall–Kier alpha value is -1.23. The normalized spacial score (nSPS) is 10.7. The fraction of sp³-hybridized carbons (Fsp3) is 0.312. The molecule has 0 saturated carbocycles. The second kappa shape index (κ2) is 8.15. The minimum Gasteiger partial charge on any atom is -0.370 e. The molecule has 2 rings (SSSR count). The van der Waals surface area contributed by atoms with Crippen LogP contribution < -0.4 is 5.32 Å². The first-order chi connectivity index (χ1) is 9.78. The van der Waals surface area contributed by atoms with Crippen LogP contribution in [0.25, 0.3) is 0 Å².